The van der Waals surface area contributed by atoms with E-state index in [2.05, 4.69) is 31.5 Å². The molecule has 144 valence electrons. The minimum Gasteiger partial charge on any atom is -0.497 e. The van der Waals surface area contributed by atoms with Crippen molar-refractivity contribution in [1.29, 1.82) is 0 Å². The molecule has 2 N–H and O–H groups in total. The van der Waals surface area contributed by atoms with Gasteiger partial charge < -0.3 is 14.8 Å². The maximum Gasteiger partial charge on any atom is 0.325 e. The number of benzene rings is 2. The molecule has 0 spiro atoms. The first kappa shape index (κ1) is 19.4. The number of methoxy groups -OCH3 is 2. The van der Waals surface area contributed by atoms with Crippen LogP contribution in [0.3, 0.4) is 0 Å². The molecule has 1 aromatic heterocycles. The highest BCUT2D eigenvalue weighted by molar-refractivity contribution is 9.10. The highest BCUT2D eigenvalue weighted by Crippen LogP contribution is 2.25. The Kier molecular flexibility index (Phi) is 5.95. The van der Waals surface area contributed by atoms with Crippen molar-refractivity contribution < 1.29 is 14.3 Å². The van der Waals surface area contributed by atoms with Crippen LogP contribution in [0.1, 0.15) is 0 Å². The average molecular weight is 445 g/mol. The van der Waals surface area contributed by atoms with Gasteiger partial charge >= 0.3 is 6.03 Å². The molecule has 1 heterocycles. The van der Waals surface area contributed by atoms with E-state index in [-0.39, 0.29) is 5.82 Å². The van der Waals surface area contributed by atoms with Crippen molar-refractivity contribution in [2.24, 2.45) is 0 Å². The normalized spacial score (nSPS) is 10.2. The van der Waals surface area contributed by atoms with Crippen molar-refractivity contribution in [1.82, 2.24) is 9.55 Å². The summed E-state index contributed by atoms with van der Waals surface area (Å²) in [6.45, 7) is 0. The monoisotopic (exact) mass is 444 g/mol. The summed E-state index contributed by atoms with van der Waals surface area (Å²) in [6.07, 6.45) is 2.97. The summed E-state index contributed by atoms with van der Waals surface area (Å²) < 4.78 is 12.6. The fraction of sp³-hybridized carbons (Fsp3) is 0.105. The van der Waals surface area contributed by atoms with Crippen LogP contribution in [-0.2, 0) is 0 Å². The lowest BCUT2D eigenvalue weighted by Gasteiger charge is -2.11. The number of urea groups is 1. The minimum absolute atomic E-state index is 0.0993. The predicted molar refractivity (Wildman–Crippen MR) is 110 cm³/mol. The molecular formula is C19H17BrN4O4. The summed E-state index contributed by atoms with van der Waals surface area (Å²) in [5.41, 5.74) is 0.637. The van der Waals surface area contributed by atoms with Gasteiger partial charge in [0.2, 0.25) is 5.82 Å². The number of rotatable bonds is 5. The summed E-state index contributed by atoms with van der Waals surface area (Å²) >= 11 is 3.35. The Morgan fingerprint density at radius 3 is 2.29 bits per heavy atom. The molecule has 0 aliphatic carbocycles. The van der Waals surface area contributed by atoms with Gasteiger partial charge in [-0.25, -0.2) is 9.78 Å². The van der Waals surface area contributed by atoms with E-state index in [1.54, 1.807) is 30.3 Å². The van der Waals surface area contributed by atoms with Crippen molar-refractivity contribution in [2.75, 3.05) is 24.9 Å². The molecule has 28 heavy (non-hydrogen) atoms. The molecule has 3 aromatic rings. The van der Waals surface area contributed by atoms with Crippen LogP contribution < -0.4 is 25.7 Å². The zero-order valence-electron chi connectivity index (χ0n) is 15.1. The van der Waals surface area contributed by atoms with Crippen LogP contribution >= 0.6 is 15.9 Å². The topological polar surface area (TPSA) is 94.5 Å². The van der Waals surface area contributed by atoms with Crippen LogP contribution in [0.2, 0.25) is 0 Å². The van der Waals surface area contributed by atoms with Gasteiger partial charge in [-0.15, -0.1) is 0 Å². The summed E-state index contributed by atoms with van der Waals surface area (Å²) in [7, 11) is 3.02. The highest BCUT2D eigenvalue weighted by Gasteiger charge is 2.11. The first-order valence-electron chi connectivity index (χ1n) is 8.15. The Hall–Kier alpha value is -3.33. The van der Waals surface area contributed by atoms with Gasteiger partial charge in [-0.3, -0.25) is 14.7 Å². The van der Waals surface area contributed by atoms with Gasteiger partial charge in [0.25, 0.3) is 5.56 Å². The first-order chi connectivity index (χ1) is 13.5. The molecule has 0 radical (unpaired) electrons. The molecule has 0 aliphatic heterocycles. The molecule has 0 bridgehead atoms. The lowest BCUT2D eigenvalue weighted by atomic mass is 10.3. The Balaban J connectivity index is 1.80. The Morgan fingerprint density at radius 2 is 1.68 bits per heavy atom. The van der Waals surface area contributed by atoms with E-state index in [0.717, 1.165) is 4.47 Å². The standard InChI is InChI=1S/C19H17BrN4O4/c1-27-15-9-13(10-16(11-15)28-2)22-19(26)23-17-18(25)24(8-7-21-17)14-5-3-12(20)4-6-14/h3-11H,1-2H3,(H2,21,22,23,26). The number of hydrogen-bond donors (Lipinski definition) is 2. The van der Waals surface area contributed by atoms with E-state index >= 15 is 0 Å². The number of carbonyl (C=O) groups is 1. The van der Waals surface area contributed by atoms with Crippen molar-refractivity contribution in [3.8, 4) is 17.2 Å². The minimum atomic E-state index is -0.617. The smallest absolute Gasteiger partial charge is 0.325 e. The molecule has 2 amide bonds. The second-order valence-electron chi connectivity index (χ2n) is 5.61. The Bertz CT molecular complexity index is 1030. The fourth-order valence-electron chi connectivity index (χ4n) is 2.45. The van der Waals surface area contributed by atoms with Crippen molar-refractivity contribution in [3.63, 3.8) is 0 Å². The Morgan fingerprint density at radius 1 is 1.04 bits per heavy atom. The van der Waals surface area contributed by atoms with Gasteiger partial charge in [0.05, 0.1) is 14.2 Å². The fourth-order valence-corrected chi connectivity index (χ4v) is 2.72. The summed E-state index contributed by atoms with van der Waals surface area (Å²) in [4.78, 5) is 28.9. The zero-order valence-corrected chi connectivity index (χ0v) is 16.7. The lowest BCUT2D eigenvalue weighted by molar-refractivity contribution is 0.262. The predicted octanol–water partition coefficient (Wildman–Crippen LogP) is 3.66. The quantitative estimate of drug-likeness (QED) is 0.625. The van der Waals surface area contributed by atoms with Crippen LogP contribution in [0.5, 0.6) is 11.5 Å². The van der Waals surface area contributed by atoms with Gasteiger partial charge in [0.15, 0.2) is 0 Å². The molecule has 0 saturated heterocycles. The summed E-state index contributed by atoms with van der Waals surface area (Å²) in [5.74, 6) is 0.938. The maximum atomic E-state index is 12.6. The molecule has 2 aromatic carbocycles. The van der Waals surface area contributed by atoms with E-state index in [4.69, 9.17) is 9.47 Å². The van der Waals surface area contributed by atoms with Crippen LogP contribution in [0.4, 0.5) is 16.3 Å². The number of nitrogens with zero attached hydrogens (tertiary/aromatic N) is 2. The van der Waals surface area contributed by atoms with E-state index in [1.165, 1.54) is 31.2 Å². The number of anilines is 2. The van der Waals surface area contributed by atoms with Gasteiger partial charge in [-0.1, -0.05) is 15.9 Å². The van der Waals surface area contributed by atoms with Gasteiger partial charge in [-0.2, -0.15) is 0 Å². The third kappa shape index (κ3) is 4.49. The van der Waals surface area contributed by atoms with E-state index in [0.29, 0.717) is 22.9 Å². The second kappa shape index (κ2) is 8.57. The molecular weight excluding hydrogens is 428 g/mol. The lowest BCUT2D eigenvalue weighted by Crippen LogP contribution is -2.28. The second-order valence-corrected chi connectivity index (χ2v) is 6.52. The molecule has 0 atom stereocenters. The third-order valence-electron chi connectivity index (χ3n) is 3.79. The van der Waals surface area contributed by atoms with Crippen LogP contribution in [0.15, 0.2) is 64.1 Å². The number of ether oxygens (including phenoxy) is 2. The highest BCUT2D eigenvalue weighted by atomic mass is 79.9. The molecule has 0 saturated carbocycles. The van der Waals surface area contributed by atoms with Crippen molar-refractivity contribution in [2.45, 2.75) is 0 Å². The molecule has 9 heteroatoms. The van der Waals surface area contributed by atoms with Gasteiger partial charge in [0.1, 0.15) is 11.5 Å². The number of halogens is 1. The molecule has 3 rings (SSSR count). The molecule has 0 aliphatic rings. The number of hydrogen-bond acceptors (Lipinski definition) is 5. The summed E-state index contributed by atoms with van der Waals surface area (Å²) in [6, 6.07) is 11.5. The molecule has 0 fully saturated rings. The average Bonchev–Trinajstić information content (AvgIpc) is 2.70. The molecule has 0 unspecified atom stereocenters. The largest absolute Gasteiger partial charge is 0.497 e. The van der Waals surface area contributed by atoms with Crippen LogP contribution in [-0.4, -0.2) is 29.8 Å². The van der Waals surface area contributed by atoms with E-state index < -0.39 is 11.6 Å². The SMILES string of the molecule is COc1cc(NC(=O)Nc2nccn(-c3ccc(Br)cc3)c2=O)cc(OC)c1. The third-order valence-corrected chi connectivity index (χ3v) is 4.32. The van der Waals surface area contributed by atoms with Crippen LogP contribution in [0.25, 0.3) is 5.69 Å². The number of carbonyl (C=O) groups excluding carboxylic acids is 1. The Labute approximate surface area is 169 Å². The van der Waals surface area contributed by atoms with E-state index in [9.17, 15) is 9.59 Å². The van der Waals surface area contributed by atoms with Crippen molar-refractivity contribution in [3.05, 3.63) is 69.7 Å². The van der Waals surface area contributed by atoms with E-state index in [1.807, 2.05) is 12.1 Å². The maximum absolute atomic E-state index is 12.6. The zero-order chi connectivity index (χ0) is 20.1. The van der Waals surface area contributed by atoms with Crippen LogP contribution in [0, 0.1) is 0 Å². The van der Waals surface area contributed by atoms with Gasteiger partial charge in [0, 0.05) is 46.4 Å². The number of aromatic nitrogens is 2. The van der Waals surface area contributed by atoms with Crippen molar-refractivity contribution >= 4 is 33.5 Å². The first-order valence-corrected chi connectivity index (χ1v) is 8.94. The van der Waals surface area contributed by atoms with Gasteiger partial charge in [-0.05, 0) is 24.3 Å². The number of nitrogens with one attached hydrogen (secondary N) is 2. The molecule has 8 nitrogen and oxygen atoms in total. The summed E-state index contributed by atoms with van der Waals surface area (Å²) in [5, 5.41) is 5.10. The number of amides is 2.